The smallest absolute Gasteiger partial charge is 0.407 e. The number of ether oxygens (including phenoxy) is 1. The molecule has 0 aliphatic rings. The largest absolute Gasteiger partial charge is 0.444 e. The average molecular weight is 291 g/mol. The van der Waals surface area contributed by atoms with Crippen LogP contribution in [-0.2, 0) is 4.74 Å². The average Bonchev–Trinajstić information content (AvgIpc) is 2.79. The number of fused-ring (bicyclic) bond motifs is 1. The normalized spacial score (nSPS) is 11.4. The summed E-state index contributed by atoms with van der Waals surface area (Å²) in [5.74, 6) is 0. The lowest BCUT2D eigenvalue weighted by Crippen LogP contribution is -2.35. The molecule has 1 heterocycles. The second-order valence-electron chi connectivity index (χ2n) is 5.75. The van der Waals surface area contributed by atoms with Gasteiger partial charge in [0.15, 0.2) is 0 Å². The van der Waals surface area contributed by atoms with Crippen LogP contribution in [0.4, 0.5) is 16.2 Å². The van der Waals surface area contributed by atoms with E-state index in [2.05, 4.69) is 20.8 Å². The number of aromatic amines is 1. The highest BCUT2D eigenvalue weighted by Crippen LogP contribution is 2.24. The molecule has 1 aromatic heterocycles. The summed E-state index contributed by atoms with van der Waals surface area (Å²) in [6.45, 7) is 6.46. The summed E-state index contributed by atoms with van der Waals surface area (Å²) >= 11 is 0. The predicted molar refractivity (Wildman–Crippen MR) is 83.2 cm³/mol. The Bertz CT molecular complexity index is 630. The molecular weight excluding hydrogens is 270 g/mol. The molecule has 1 amide bonds. The van der Waals surface area contributed by atoms with Crippen molar-refractivity contribution in [3.05, 3.63) is 18.3 Å². The number of nitrogens with zero attached hydrogens (tertiary/aromatic N) is 1. The van der Waals surface area contributed by atoms with Crippen molar-refractivity contribution in [1.82, 2.24) is 15.5 Å². The molecule has 5 N–H and O–H groups in total. The SMILES string of the molecule is CC(C)(C)OC(=O)NCCNc1cc2[nH]ncc2cc1N. The summed E-state index contributed by atoms with van der Waals surface area (Å²) in [7, 11) is 0. The molecule has 0 spiro atoms. The molecule has 0 radical (unpaired) electrons. The second kappa shape index (κ2) is 5.90. The number of rotatable bonds is 4. The highest BCUT2D eigenvalue weighted by Gasteiger charge is 2.15. The van der Waals surface area contributed by atoms with E-state index in [9.17, 15) is 4.79 Å². The number of hydrogen-bond acceptors (Lipinski definition) is 5. The molecule has 1 aromatic carbocycles. The molecule has 114 valence electrons. The van der Waals surface area contributed by atoms with Crippen LogP contribution in [0.1, 0.15) is 20.8 Å². The zero-order chi connectivity index (χ0) is 15.5. The Morgan fingerprint density at radius 2 is 2.14 bits per heavy atom. The van der Waals surface area contributed by atoms with E-state index in [4.69, 9.17) is 10.5 Å². The predicted octanol–water partition coefficient (Wildman–Crippen LogP) is 2.08. The van der Waals surface area contributed by atoms with E-state index in [-0.39, 0.29) is 0 Å². The topological polar surface area (TPSA) is 105 Å². The Morgan fingerprint density at radius 1 is 1.38 bits per heavy atom. The standard InChI is InChI=1S/C14H21N5O2/c1-14(2,3)21-13(20)17-5-4-16-12-7-11-9(6-10(12)15)8-18-19-11/h6-8,16H,4-5,15H2,1-3H3,(H,17,20)(H,18,19). The number of nitrogen functional groups attached to an aromatic ring is 1. The fraction of sp³-hybridized carbons (Fsp3) is 0.429. The molecule has 2 rings (SSSR count). The summed E-state index contributed by atoms with van der Waals surface area (Å²) in [4.78, 5) is 11.5. The number of H-pyrrole nitrogens is 1. The first-order valence-electron chi connectivity index (χ1n) is 6.78. The van der Waals surface area contributed by atoms with Crippen molar-refractivity contribution in [3.8, 4) is 0 Å². The number of nitrogens with two attached hydrogens (primary N) is 1. The van der Waals surface area contributed by atoms with Crippen LogP contribution in [0, 0.1) is 0 Å². The molecule has 7 nitrogen and oxygen atoms in total. The van der Waals surface area contributed by atoms with E-state index in [0.717, 1.165) is 16.6 Å². The highest BCUT2D eigenvalue weighted by molar-refractivity contribution is 5.88. The number of anilines is 2. The maximum Gasteiger partial charge on any atom is 0.407 e. The Morgan fingerprint density at radius 3 is 2.86 bits per heavy atom. The van der Waals surface area contributed by atoms with Gasteiger partial charge in [-0.1, -0.05) is 0 Å². The van der Waals surface area contributed by atoms with Gasteiger partial charge in [-0.25, -0.2) is 4.79 Å². The van der Waals surface area contributed by atoms with Gasteiger partial charge >= 0.3 is 6.09 Å². The minimum Gasteiger partial charge on any atom is -0.444 e. The molecule has 0 saturated heterocycles. The van der Waals surface area contributed by atoms with Crippen LogP contribution in [-0.4, -0.2) is 35.0 Å². The number of alkyl carbamates (subject to hydrolysis) is 1. The van der Waals surface area contributed by atoms with Crippen molar-refractivity contribution in [2.45, 2.75) is 26.4 Å². The van der Waals surface area contributed by atoms with Gasteiger partial charge in [0, 0.05) is 18.5 Å². The molecule has 2 aromatic rings. The van der Waals surface area contributed by atoms with Crippen molar-refractivity contribution in [3.63, 3.8) is 0 Å². The summed E-state index contributed by atoms with van der Waals surface area (Å²) in [6, 6.07) is 3.74. The molecule has 0 aliphatic heterocycles. The van der Waals surface area contributed by atoms with Crippen LogP contribution in [0.15, 0.2) is 18.3 Å². The number of carbonyl (C=O) groups excluding carboxylic acids is 1. The van der Waals surface area contributed by atoms with Gasteiger partial charge in [0.05, 0.1) is 23.1 Å². The number of benzene rings is 1. The monoisotopic (exact) mass is 291 g/mol. The van der Waals surface area contributed by atoms with E-state index in [1.165, 1.54) is 0 Å². The molecule has 0 aliphatic carbocycles. The Labute approximate surface area is 123 Å². The van der Waals surface area contributed by atoms with E-state index in [0.29, 0.717) is 18.8 Å². The Balaban J connectivity index is 1.82. The van der Waals surface area contributed by atoms with E-state index < -0.39 is 11.7 Å². The minimum atomic E-state index is -0.492. The molecule has 0 atom stereocenters. The quantitative estimate of drug-likeness (QED) is 0.510. The van der Waals surface area contributed by atoms with Gasteiger partial charge in [-0.15, -0.1) is 0 Å². The number of amides is 1. The lowest BCUT2D eigenvalue weighted by molar-refractivity contribution is 0.0530. The number of nitrogens with one attached hydrogen (secondary N) is 3. The maximum absolute atomic E-state index is 11.5. The lowest BCUT2D eigenvalue weighted by Gasteiger charge is -2.19. The van der Waals surface area contributed by atoms with Crippen molar-refractivity contribution < 1.29 is 9.53 Å². The third-order valence-corrected chi connectivity index (χ3v) is 2.72. The Kier molecular flexibility index (Phi) is 4.21. The summed E-state index contributed by atoms with van der Waals surface area (Å²) in [5.41, 5.74) is 7.81. The van der Waals surface area contributed by atoms with E-state index in [1.807, 2.05) is 32.9 Å². The van der Waals surface area contributed by atoms with Crippen LogP contribution >= 0.6 is 0 Å². The second-order valence-corrected chi connectivity index (χ2v) is 5.75. The molecule has 0 bridgehead atoms. The first kappa shape index (κ1) is 15.0. The van der Waals surface area contributed by atoms with Gasteiger partial charge in [0.25, 0.3) is 0 Å². The maximum atomic E-state index is 11.5. The number of hydrogen-bond donors (Lipinski definition) is 4. The van der Waals surface area contributed by atoms with Gasteiger partial charge in [-0.2, -0.15) is 5.10 Å². The first-order valence-corrected chi connectivity index (χ1v) is 6.78. The van der Waals surface area contributed by atoms with Gasteiger partial charge in [-0.05, 0) is 32.9 Å². The summed E-state index contributed by atoms with van der Waals surface area (Å²) in [6.07, 6.45) is 1.29. The van der Waals surface area contributed by atoms with Crippen LogP contribution in [0.25, 0.3) is 10.9 Å². The van der Waals surface area contributed by atoms with Gasteiger partial charge in [0.1, 0.15) is 5.60 Å². The fourth-order valence-corrected chi connectivity index (χ4v) is 1.84. The van der Waals surface area contributed by atoms with Gasteiger partial charge in [0.2, 0.25) is 0 Å². The first-order chi connectivity index (χ1) is 9.85. The molecule has 0 saturated carbocycles. The van der Waals surface area contributed by atoms with Crippen molar-refractivity contribution >= 4 is 28.4 Å². The van der Waals surface area contributed by atoms with E-state index >= 15 is 0 Å². The number of carbonyl (C=O) groups is 1. The van der Waals surface area contributed by atoms with Crippen molar-refractivity contribution in [2.75, 3.05) is 24.1 Å². The number of aromatic nitrogens is 2. The molecule has 7 heteroatoms. The molecule has 0 unspecified atom stereocenters. The van der Waals surface area contributed by atoms with Crippen LogP contribution < -0.4 is 16.4 Å². The van der Waals surface area contributed by atoms with Gasteiger partial charge < -0.3 is 21.1 Å². The van der Waals surface area contributed by atoms with Crippen LogP contribution in [0.3, 0.4) is 0 Å². The third kappa shape index (κ3) is 4.27. The summed E-state index contributed by atoms with van der Waals surface area (Å²) in [5, 5.41) is 13.7. The Hall–Kier alpha value is -2.44. The molecule has 21 heavy (non-hydrogen) atoms. The highest BCUT2D eigenvalue weighted by atomic mass is 16.6. The van der Waals surface area contributed by atoms with Crippen LogP contribution in [0.2, 0.25) is 0 Å². The zero-order valence-electron chi connectivity index (χ0n) is 12.5. The van der Waals surface area contributed by atoms with Crippen molar-refractivity contribution in [2.24, 2.45) is 0 Å². The van der Waals surface area contributed by atoms with Gasteiger partial charge in [-0.3, -0.25) is 5.10 Å². The fourth-order valence-electron chi connectivity index (χ4n) is 1.84. The minimum absolute atomic E-state index is 0.429. The van der Waals surface area contributed by atoms with E-state index in [1.54, 1.807) is 6.20 Å². The summed E-state index contributed by atoms with van der Waals surface area (Å²) < 4.78 is 5.15. The third-order valence-electron chi connectivity index (χ3n) is 2.72. The molecule has 0 fully saturated rings. The molecular formula is C14H21N5O2. The van der Waals surface area contributed by atoms with Crippen molar-refractivity contribution in [1.29, 1.82) is 0 Å². The zero-order valence-corrected chi connectivity index (χ0v) is 12.5. The lowest BCUT2D eigenvalue weighted by atomic mass is 10.2. The van der Waals surface area contributed by atoms with Crippen LogP contribution in [0.5, 0.6) is 0 Å².